The van der Waals surface area contributed by atoms with Gasteiger partial charge in [0.25, 0.3) is 0 Å². The maximum atomic E-state index is 5.86. The molecule has 0 bridgehead atoms. The van der Waals surface area contributed by atoms with Gasteiger partial charge in [0, 0.05) is 13.1 Å². The standard InChI is InChI=1S/C13H30N2O/c1-6-7-13(4,10-14)11-15(5)8-9-16-12(2)3/h12H,6-11,14H2,1-5H3. The molecule has 98 valence electrons. The molecule has 16 heavy (non-hydrogen) atoms. The second-order valence-corrected chi connectivity index (χ2v) is 5.42. The van der Waals surface area contributed by atoms with Crippen LogP contribution in [0.15, 0.2) is 0 Å². The molecule has 0 aromatic rings. The molecule has 0 saturated carbocycles. The van der Waals surface area contributed by atoms with E-state index >= 15 is 0 Å². The summed E-state index contributed by atoms with van der Waals surface area (Å²) in [5.74, 6) is 0. The Morgan fingerprint density at radius 2 is 2.00 bits per heavy atom. The second kappa shape index (κ2) is 8.04. The van der Waals surface area contributed by atoms with Crippen LogP contribution in [-0.2, 0) is 4.74 Å². The third-order valence-electron chi connectivity index (χ3n) is 2.92. The van der Waals surface area contributed by atoms with Crippen LogP contribution in [0.2, 0.25) is 0 Å². The van der Waals surface area contributed by atoms with Crippen molar-refractivity contribution in [2.75, 3.05) is 33.3 Å². The summed E-state index contributed by atoms with van der Waals surface area (Å²) in [6, 6.07) is 0. The lowest BCUT2D eigenvalue weighted by Crippen LogP contribution is -2.40. The predicted octanol–water partition coefficient (Wildman–Crippen LogP) is 2.11. The van der Waals surface area contributed by atoms with Gasteiger partial charge in [0.2, 0.25) is 0 Å². The molecule has 0 aliphatic heterocycles. The van der Waals surface area contributed by atoms with Gasteiger partial charge in [-0.15, -0.1) is 0 Å². The summed E-state index contributed by atoms with van der Waals surface area (Å²) in [6.45, 7) is 12.2. The molecule has 0 aliphatic carbocycles. The molecular formula is C13H30N2O. The van der Waals surface area contributed by atoms with Crippen molar-refractivity contribution in [2.24, 2.45) is 11.1 Å². The van der Waals surface area contributed by atoms with Crippen LogP contribution in [0.3, 0.4) is 0 Å². The van der Waals surface area contributed by atoms with Crippen molar-refractivity contribution in [1.29, 1.82) is 0 Å². The maximum Gasteiger partial charge on any atom is 0.0596 e. The molecule has 3 heteroatoms. The van der Waals surface area contributed by atoms with E-state index in [-0.39, 0.29) is 5.41 Å². The zero-order chi connectivity index (χ0) is 12.6. The van der Waals surface area contributed by atoms with Crippen molar-refractivity contribution in [3.63, 3.8) is 0 Å². The number of nitrogens with zero attached hydrogens (tertiary/aromatic N) is 1. The molecule has 0 spiro atoms. The topological polar surface area (TPSA) is 38.5 Å². The molecule has 0 aromatic carbocycles. The van der Waals surface area contributed by atoms with E-state index in [2.05, 4.69) is 39.6 Å². The SMILES string of the molecule is CCCC(C)(CN)CN(C)CCOC(C)C. The van der Waals surface area contributed by atoms with Gasteiger partial charge >= 0.3 is 0 Å². The fourth-order valence-electron chi connectivity index (χ4n) is 2.02. The summed E-state index contributed by atoms with van der Waals surface area (Å²) < 4.78 is 5.55. The molecule has 2 N–H and O–H groups in total. The van der Waals surface area contributed by atoms with Gasteiger partial charge in [-0.25, -0.2) is 0 Å². The van der Waals surface area contributed by atoms with Gasteiger partial charge in [0.05, 0.1) is 12.7 Å². The normalized spacial score (nSPS) is 15.8. The van der Waals surface area contributed by atoms with E-state index in [0.717, 1.165) is 26.2 Å². The Kier molecular flexibility index (Phi) is 7.98. The minimum absolute atomic E-state index is 0.251. The number of ether oxygens (including phenoxy) is 1. The average Bonchev–Trinajstić information content (AvgIpc) is 2.17. The van der Waals surface area contributed by atoms with Gasteiger partial charge in [0.1, 0.15) is 0 Å². The largest absolute Gasteiger partial charge is 0.377 e. The molecule has 1 atom stereocenters. The van der Waals surface area contributed by atoms with Crippen molar-refractivity contribution in [1.82, 2.24) is 4.90 Å². The van der Waals surface area contributed by atoms with Crippen molar-refractivity contribution in [3.05, 3.63) is 0 Å². The van der Waals surface area contributed by atoms with Crippen molar-refractivity contribution < 1.29 is 4.74 Å². The van der Waals surface area contributed by atoms with Gasteiger partial charge in [0.15, 0.2) is 0 Å². The number of hydrogen-bond acceptors (Lipinski definition) is 3. The van der Waals surface area contributed by atoms with Crippen molar-refractivity contribution in [2.45, 2.75) is 46.6 Å². The van der Waals surface area contributed by atoms with Crippen LogP contribution in [0.4, 0.5) is 0 Å². The molecule has 0 aromatic heterocycles. The highest BCUT2D eigenvalue weighted by molar-refractivity contribution is 4.78. The minimum atomic E-state index is 0.251. The Morgan fingerprint density at radius 3 is 2.44 bits per heavy atom. The van der Waals surface area contributed by atoms with Crippen LogP contribution >= 0.6 is 0 Å². The Labute approximate surface area is 101 Å². The summed E-state index contributed by atoms with van der Waals surface area (Å²) in [5.41, 5.74) is 6.11. The fourth-order valence-corrected chi connectivity index (χ4v) is 2.02. The van der Waals surface area contributed by atoms with Crippen molar-refractivity contribution in [3.8, 4) is 0 Å². The Bertz CT molecular complexity index is 173. The highest BCUT2D eigenvalue weighted by atomic mass is 16.5. The monoisotopic (exact) mass is 230 g/mol. The first-order valence-electron chi connectivity index (χ1n) is 6.43. The summed E-state index contributed by atoms with van der Waals surface area (Å²) in [7, 11) is 2.15. The van der Waals surface area contributed by atoms with E-state index in [1.807, 2.05) is 0 Å². The summed E-state index contributed by atoms with van der Waals surface area (Å²) in [5, 5.41) is 0. The fraction of sp³-hybridized carbons (Fsp3) is 1.00. The summed E-state index contributed by atoms with van der Waals surface area (Å²) >= 11 is 0. The number of rotatable bonds is 9. The van der Waals surface area contributed by atoms with E-state index in [1.54, 1.807) is 0 Å². The van der Waals surface area contributed by atoms with Crippen LogP contribution < -0.4 is 5.73 Å². The Morgan fingerprint density at radius 1 is 1.38 bits per heavy atom. The molecule has 0 rings (SSSR count). The predicted molar refractivity (Wildman–Crippen MR) is 70.7 cm³/mol. The maximum absolute atomic E-state index is 5.86. The van der Waals surface area contributed by atoms with Crippen LogP contribution in [0.25, 0.3) is 0 Å². The van der Waals surface area contributed by atoms with Gasteiger partial charge < -0.3 is 15.4 Å². The highest BCUT2D eigenvalue weighted by Crippen LogP contribution is 2.22. The van der Waals surface area contributed by atoms with Crippen LogP contribution in [0.1, 0.15) is 40.5 Å². The highest BCUT2D eigenvalue weighted by Gasteiger charge is 2.23. The lowest BCUT2D eigenvalue weighted by atomic mass is 9.85. The third-order valence-corrected chi connectivity index (χ3v) is 2.92. The lowest BCUT2D eigenvalue weighted by molar-refractivity contribution is 0.0555. The quantitative estimate of drug-likeness (QED) is 0.659. The number of nitrogens with two attached hydrogens (primary N) is 1. The molecular weight excluding hydrogens is 200 g/mol. The third kappa shape index (κ3) is 7.20. The molecule has 3 nitrogen and oxygen atoms in total. The van der Waals surface area contributed by atoms with Crippen LogP contribution in [0.5, 0.6) is 0 Å². The number of likely N-dealkylation sites (N-methyl/N-ethyl adjacent to an activating group) is 1. The molecule has 0 aliphatic rings. The molecule has 0 heterocycles. The van der Waals surface area contributed by atoms with Gasteiger partial charge in [-0.05, 0) is 39.3 Å². The van der Waals surface area contributed by atoms with E-state index in [0.29, 0.717) is 6.10 Å². The van der Waals surface area contributed by atoms with Crippen molar-refractivity contribution >= 4 is 0 Å². The zero-order valence-corrected chi connectivity index (χ0v) is 11.8. The second-order valence-electron chi connectivity index (χ2n) is 5.42. The van der Waals surface area contributed by atoms with E-state index in [9.17, 15) is 0 Å². The molecule has 0 amide bonds. The smallest absolute Gasteiger partial charge is 0.0596 e. The Hall–Kier alpha value is -0.120. The van der Waals surface area contributed by atoms with Gasteiger partial charge in [-0.3, -0.25) is 0 Å². The zero-order valence-electron chi connectivity index (χ0n) is 11.8. The van der Waals surface area contributed by atoms with E-state index in [4.69, 9.17) is 10.5 Å². The van der Waals surface area contributed by atoms with Gasteiger partial charge in [-0.2, -0.15) is 0 Å². The average molecular weight is 230 g/mol. The molecule has 1 unspecified atom stereocenters. The molecule has 0 fully saturated rings. The first kappa shape index (κ1) is 15.9. The van der Waals surface area contributed by atoms with Gasteiger partial charge in [-0.1, -0.05) is 20.3 Å². The Balaban J connectivity index is 3.86. The van der Waals surface area contributed by atoms with E-state index < -0.39 is 0 Å². The van der Waals surface area contributed by atoms with Crippen LogP contribution in [-0.4, -0.2) is 44.3 Å². The first-order valence-corrected chi connectivity index (χ1v) is 6.43. The summed E-state index contributed by atoms with van der Waals surface area (Å²) in [6.07, 6.45) is 2.72. The van der Waals surface area contributed by atoms with Crippen LogP contribution in [0, 0.1) is 5.41 Å². The minimum Gasteiger partial charge on any atom is -0.377 e. The lowest BCUT2D eigenvalue weighted by Gasteiger charge is -2.32. The summed E-state index contributed by atoms with van der Waals surface area (Å²) in [4.78, 5) is 2.32. The molecule has 0 radical (unpaired) electrons. The van der Waals surface area contributed by atoms with E-state index in [1.165, 1.54) is 12.8 Å². The first-order chi connectivity index (χ1) is 7.43. The number of hydrogen-bond donors (Lipinski definition) is 1. The molecule has 0 saturated heterocycles.